The first kappa shape index (κ1) is 12.9. The van der Waals surface area contributed by atoms with Crippen molar-refractivity contribution in [3.63, 3.8) is 0 Å². The van der Waals surface area contributed by atoms with E-state index in [1.54, 1.807) is 6.20 Å². The number of nitrogens with one attached hydrogen (secondary N) is 2. The van der Waals surface area contributed by atoms with E-state index in [-0.39, 0.29) is 6.54 Å². The second-order valence-corrected chi connectivity index (χ2v) is 3.14. The number of aromatic nitrogens is 3. The maximum absolute atomic E-state index is 11.2. The molecule has 0 aliphatic carbocycles. The number of carbonyl (C=O) groups is 2. The molecule has 0 aromatic carbocycles. The number of carbonyl (C=O) groups excluding carboxylic acids is 1. The van der Waals surface area contributed by atoms with Crippen LogP contribution in [0.25, 0.3) is 0 Å². The van der Waals surface area contributed by atoms with Gasteiger partial charge in [-0.3, -0.25) is 4.68 Å². The van der Waals surface area contributed by atoms with Crippen LogP contribution in [-0.2, 0) is 11.3 Å². The Morgan fingerprint density at radius 2 is 2.24 bits per heavy atom. The zero-order valence-corrected chi connectivity index (χ0v) is 8.91. The number of rotatable bonds is 6. The Kier molecular flexibility index (Phi) is 4.88. The number of amides is 2. The van der Waals surface area contributed by atoms with Crippen molar-refractivity contribution in [2.75, 3.05) is 13.2 Å². The van der Waals surface area contributed by atoms with Crippen LogP contribution in [0.4, 0.5) is 4.79 Å². The molecular weight excluding hydrogens is 230 g/mol. The molecule has 94 valence electrons. The van der Waals surface area contributed by atoms with Gasteiger partial charge in [-0.05, 0) is 0 Å². The van der Waals surface area contributed by atoms with Crippen LogP contribution in [0, 0.1) is 0 Å². The van der Waals surface area contributed by atoms with E-state index in [1.165, 1.54) is 10.9 Å². The summed E-state index contributed by atoms with van der Waals surface area (Å²) < 4.78 is 1.51. The van der Waals surface area contributed by atoms with Crippen molar-refractivity contribution in [3.05, 3.63) is 12.4 Å². The van der Waals surface area contributed by atoms with Gasteiger partial charge >= 0.3 is 12.0 Å². The Morgan fingerprint density at radius 1 is 1.47 bits per heavy atom. The number of aliphatic hydroxyl groups excluding tert-OH is 1. The lowest BCUT2D eigenvalue weighted by Crippen LogP contribution is -2.48. The second kappa shape index (κ2) is 6.43. The zero-order valence-electron chi connectivity index (χ0n) is 8.91. The molecular formula is C8H13N5O4. The summed E-state index contributed by atoms with van der Waals surface area (Å²) in [5.74, 6) is -1.29. The van der Waals surface area contributed by atoms with Crippen molar-refractivity contribution in [2.24, 2.45) is 0 Å². The Hall–Kier alpha value is -2.16. The summed E-state index contributed by atoms with van der Waals surface area (Å²) in [4.78, 5) is 21.7. The predicted octanol–water partition coefficient (Wildman–Crippen LogP) is -1.98. The van der Waals surface area contributed by atoms with E-state index in [0.29, 0.717) is 6.54 Å². The number of hydrogen-bond acceptors (Lipinski definition) is 5. The molecule has 1 atom stereocenters. The summed E-state index contributed by atoms with van der Waals surface area (Å²) in [5.41, 5.74) is 0. The largest absolute Gasteiger partial charge is 0.480 e. The Labute approximate surface area is 96.4 Å². The standard InChI is InChI=1S/C8H13N5O4/c14-5-6(7(15)16)11-8(17)9-1-3-13-4-2-10-12-13/h2,4,6,14H,1,3,5H2,(H,15,16)(H2,9,11,17)/t6-/m1/s1. The van der Waals surface area contributed by atoms with Gasteiger partial charge in [-0.25, -0.2) is 9.59 Å². The summed E-state index contributed by atoms with van der Waals surface area (Å²) in [5, 5.41) is 29.0. The first-order chi connectivity index (χ1) is 8.13. The third-order valence-corrected chi connectivity index (χ3v) is 1.88. The highest BCUT2D eigenvalue weighted by Crippen LogP contribution is 1.83. The fourth-order valence-electron chi connectivity index (χ4n) is 1.03. The second-order valence-electron chi connectivity index (χ2n) is 3.14. The molecule has 0 bridgehead atoms. The molecule has 9 nitrogen and oxygen atoms in total. The highest BCUT2D eigenvalue weighted by molar-refractivity contribution is 5.82. The maximum atomic E-state index is 11.2. The van der Waals surface area contributed by atoms with Crippen LogP contribution in [0.3, 0.4) is 0 Å². The van der Waals surface area contributed by atoms with Gasteiger partial charge in [-0.1, -0.05) is 5.21 Å². The van der Waals surface area contributed by atoms with Crippen LogP contribution >= 0.6 is 0 Å². The number of carboxylic acid groups (broad SMARTS) is 1. The SMILES string of the molecule is O=C(NCCn1ccnn1)N[C@H](CO)C(=O)O. The summed E-state index contributed by atoms with van der Waals surface area (Å²) in [6, 6.07) is -1.96. The number of urea groups is 1. The minimum Gasteiger partial charge on any atom is -0.480 e. The van der Waals surface area contributed by atoms with Crippen molar-refractivity contribution in [1.82, 2.24) is 25.6 Å². The van der Waals surface area contributed by atoms with Crippen molar-refractivity contribution >= 4 is 12.0 Å². The van der Waals surface area contributed by atoms with Gasteiger partial charge in [-0.15, -0.1) is 5.10 Å². The van der Waals surface area contributed by atoms with Gasteiger partial charge in [0.25, 0.3) is 0 Å². The molecule has 1 aromatic heterocycles. The topological polar surface area (TPSA) is 129 Å². The molecule has 9 heteroatoms. The van der Waals surface area contributed by atoms with Crippen molar-refractivity contribution in [1.29, 1.82) is 0 Å². The molecule has 1 rings (SSSR count). The quantitative estimate of drug-likeness (QED) is 0.458. The maximum Gasteiger partial charge on any atom is 0.328 e. The molecule has 1 heterocycles. The van der Waals surface area contributed by atoms with Crippen molar-refractivity contribution in [3.8, 4) is 0 Å². The van der Waals surface area contributed by atoms with E-state index >= 15 is 0 Å². The van der Waals surface area contributed by atoms with E-state index in [0.717, 1.165) is 0 Å². The predicted molar refractivity (Wildman–Crippen MR) is 55.1 cm³/mol. The Bertz CT molecular complexity index is 366. The first-order valence-electron chi connectivity index (χ1n) is 4.85. The monoisotopic (exact) mass is 243 g/mol. The molecule has 0 aliphatic heterocycles. The number of aliphatic carboxylic acids is 1. The normalized spacial score (nSPS) is 11.8. The van der Waals surface area contributed by atoms with Crippen LogP contribution in [-0.4, -0.2) is 56.4 Å². The molecule has 0 spiro atoms. The van der Waals surface area contributed by atoms with E-state index in [9.17, 15) is 9.59 Å². The fraction of sp³-hybridized carbons (Fsp3) is 0.500. The van der Waals surface area contributed by atoms with Gasteiger partial charge in [-0.2, -0.15) is 0 Å². The number of carboxylic acids is 1. The van der Waals surface area contributed by atoms with E-state index in [4.69, 9.17) is 10.2 Å². The van der Waals surface area contributed by atoms with Gasteiger partial charge in [0, 0.05) is 12.7 Å². The average molecular weight is 243 g/mol. The lowest BCUT2D eigenvalue weighted by molar-refractivity contribution is -0.140. The molecule has 4 N–H and O–H groups in total. The van der Waals surface area contributed by atoms with Crippen LogP contribution < -0.4 is 10.6 Å². The first-order valence-corrected chi connectivity index (χ1v) is 4.85. The summed E-state index contributed by atoms with van der Waals surface area (Å²) in [7, 11) is 0. The van der Waals surface area contributed by atoms with Crippen molar-refractivity contribution < 1.29 is 19.8 Å². The minimum absolute atomic E-state index is 0.271. The molecule has 0 fully saturated rings. The summed E-state index contributed by atoms with van der Waals surface area (Å²) in [6.07, 6.45) is 3.14. The molecule has 0 radical (unpaired) electrons. The highest BCUT2D eigenvalue weighted by atomic mass is 16.4. The molecule has 0 saturated carbocycles. The molecule has 0 unspecified atom stereocenters. The van der Waals surface area contributed by atoms with Crippen LogP contribution in [0.15, 0.2) is 12.4 Å². The van der Waals surface area contributed by atoms with Crippen LogP contribution in [0.2, 0.25) is 0 Å². The van der Waals surface area contributed by atoms with Gasteiger partial charge in [0.05, 0.1) is 19.3 Å². The lowest BCUT2D eigenvalue weighted by atomic mass is 10.3. The molecule has 17 heavy (non-hydrogen) atoms. The number of hydrogen-bond donors (Lipinski definition) is 4. The fourth-order valence-corrected chi connectivity index (χ4v) is 1.03. The minimum atomic E-state index is -1.30. The van der Waals surface area contributed by atoms with Crippen molar-refractivity contribution in [2.45, 2.75) is 12.6 Å². The van der Waals surface area contributed by atoms with E-state index in [2.05, 4.69) is 20.9 Å². The Morgan fingerprint density at radius 3 is 2.76 bits per heavy atom. The van der Waals surface area contributed by atoms with Crippen LogP contribution in [0.5, 0.6) is 0 Å². The molecule has 0 aliphatic rings. The molecule has 2 amide bonds. The highest BCUT2D eigenvalue weighted by Gasteiger charge is 2.17. The number of nitrogens with zero attached hydrogens (tertiary/aromatic N) is 3. The molecule has 0 saturated heterocycles. The number of aliphatic hydroxyl groups is 1. The van der Waals surface area contributed by atoms with E-state index < -0.39 is 24.6 Å². The smallest absolute Gasteiger partial charge is 0.328 e. The van der Waals surface area contributed by atoms with Gasteiger partial charge < -0.3 is 20.8 Å². The van der Waals surface area contributed by atoms with Gasteiger partial charge in [0.1, 0.15) is 0 Å². The lowest BCUT2D eigenvalue weighted by Gasteiger charge is -2.12. The third kappa shape index (κ3) is 4.47. The third-order valence-electron chi connectivity index (χ3n) is 1.88. The van der Waals surface area contributed by atoms with Gasteiger partial charge in [0.2, 0.25) is 0 Å². The zero-order chi connectivity index (χ0) is 12.7. The Balaban J connectivity index is 2.23. The summed E-state index contributed by atoms with van der Waals surface area (Å²) in [6.45, 7) is 0.0308. The average Bonchev–Trinajstić information content (AvgIpc) is 2.78. The molecule has 1 aromatic rings. The van der Waals surface area contributed by atoms with Gasteiger partial charge in [0.15, 0.2) is 6.04 Å². The summed E-state index contributed by atoms with van der Waals surface area (Å²) >= 11 is 0. The van der Waals surface area contributed by atoms with E-state index in [1.807, 2.05) is 0 Å². The van der Waals surface area contributed by atoms with Crippen LogP contribution in [0.1, 0.15) is 0 Å².